The summed E-state index contributed by atoms with van der Waals surface area (Å²) in [6.45, 7) is 13.0. The summed E-state index contributed by atoms with van der Waals surface area (Å²) in [5, 5.41) is 0. The monoisotopic (exact) mass is 291 g/mol. The van der Waals surface area contributed by atoms with Crippen LogP contribution in [0.5, 0.6) is 5.75 Å². The van der Waals surface area contributed by atoms with E-state index in [1.54, 1.807) is 0 Å². The molecule has 1 saturated heterocycles. The Bertz CT molecular complexity index is 457. The molecule has 21 heavy (non-hydrogen) atoms. The molecule has 1 unspecified atom stereocenters. The van der Waals surface area contributed by atoms with Crippen molar-refractivity contribution in [2.75, 3.05) is 36.8 Å². The van der Waals surface area contributed by atoms with E-state index in [0.29, 0.717) is 6.04 Å². The molecule has 1 atom stereocenters. The maximum absolute atomic E-state index is 6.03. The fraction of sp³-hybridized carbons (Fsp3) is 0.647. The largest absolute Gasteiger partial charge is 0.491 e. The minimum atomic E-state index is 0.168. The molecular weight excluding hydrogens is 262 g/mol. The Balaban J connectivity index is 2.10. The maximum atomic E-state index is 6.03. The quantitative estimate of drug-likeness (QED) is 0.818. The summed E-state index contributed by atoms with van der Waals surface area (Å²) < 4.78 is 5.79. The molecule has 0 bridgehead atoms. The summed E-state index contributed by atoms with van der Waals surface area (Å²) in [4.78, 5) is 4.96. The number of nitrogens with two attached hydrogens (primary N) is 1. The van der Waals surface area contributed by atoms with Crippen LogP contribution in [-0.2, 0) is 0 Å². The van der Waals surface area contributed by atoms with E-state index in [1.165, 1.54) is 12.1 Å². The number of nitrogens with zero attached hydrogens (tertiary/aromatic N) is 2. The van der Waals surface area contributed by atoms with Gasteiger partial charge in [0.25, 0.3) is 0 Å². The Labute approximate surface area is 128 Å². The van der Waals surface area contributed by atoms with Gasteiger partial charge in [0.1, 0.15) is 5.75 Å². The summed E-state index contributed by atoms with van der Waals surface area (Å²) >= 11 is 0. The highest BCUT2D eigenvalue weighted by atomic mass is 16.5. The lowest BCUT2D eigenvalue weighted by Crippen LogP contribution is -2.37. The van der Waals surface area contributed by atoms with Crippen molar-refractivity contribution in [3.05, 3.63) is 18.2 Å². The second-order valence-corrected chi connectivity index (χ2v) is 6.04. The molecule has 0 spiro atoms. The first-order valence-electron chi connectivity index (χ1n) is 8.09. The third-order valence-electron chi connectivity index (χ3n) is 4.14. The number of anilines is 2. The maximum Gasteiger partial charge on any atom is 0.123 e. The number of benzene rings is 1. The molecule has 1 fully saturated rings. The lowest BCUT2D eigenvalue weighted by molar-refractivity contribution is 0.232. The second-order valence-electron chi connectivity index (χ2n) is 6.04. The summed E-state index contributed by atoms with van der Waals surface area (Å²) in [7, 11) is 0. The van der Waals surface area contributed by atoms with Gasteiger partial charge in [0.05, 0.1) is 6.10 Å². The summed E-state index contributed by atoms with van der Waals surface area (Å²) in [5.74, 6) is 0.867. The van der Waals surface area contributed by atoms with Crippen molar-refractivity contribution in [3.63, 3.8) is 0 Å². The molecule has 4 nitrogen and oxygen atoms in total. The van der Waals surface area contributed by atoms with Crippen molar-refractivity contribution in [3.8, 4) is 5.75 Å². The van der Waals surface area contributed by atoms with Crippen molar-refractivity contribution in [2.24, 2.45) is 0 Å². The van der Waals surface area contributed by atoms with Gasteiger partial charge in [0, 0.05) is 42.6 Å². The number of rotatable bonds is 6. The lowest BCUT2D eigenvalue weighted by atomic mass is 10.2. The van der Waals surface area contributed by atoms with Gasteiger partial charge in [-0.25, -0.2) is 0 Å². The zero-order valence-electron chi connectivity index (χ0n) is 13.8. The Hall–Kier alpha value is -1.42. The number of hydrogen-bond acceptors (Lipinski definition) is 4. The van der Waals surface area contributed by atoms with Crippen LogP contribution in [0.4, 0.5) is 11.4 Å². The molecule has 2 rings (SSSR count). The molecule has 0 saturated carbocycles. The van der Waals surface area contributed by atoms with Gasteiger partial charge in [-0.2, -0.15) is 0 Å². The predicted octanol–water partition coefficient (Wildman–Crippen LogP) is 2.98. The van der Waals surface area contributed by atoms with E-state index in [4.69, 9.17) is 10.5 Å². The Kier molecular flexibility index (Phi) is 5.34. The van der Waals surface area contributed by atoms with E-state index < -0.39 is 0 Å². The highest BCUT2D eigenvalue weighted by molar-refractivity contribution is 5.61. The molecule has 0 aromatic heterocycles. The SMILES string of the molecule is CCN(CC)C1CCN(c2cc(N)cc(OC(C)C)c2)C1. The molecule has 4 heteroatoms. The second kappa shape index (κ2) is 7.03. The van der Waals surface area contributed by atoms with Crippen LogP contribution in [0.1, 0.15) is 34.1 Å². The Morgan fingerprint density at radius 2 is 2.00 bits per heavy atom. The molecule has 1 aromatic carbocycles. The minimum absolute atomic E-state index is 0.168. The van der Waals surface area contributed by atoms with E-state index in [-0.39, 0.29) is 6.10 Å². The first-order chi connectivity index (χ1) is 10.0. The Morgan fingerprint density at radius 1 is 1.29 bits per heavy atom. The zero-order chi connectivity index (χ0) is 15.4. The molecule has 1 heterocycles. The molecule has 2 N–H and O–H groups in total. The van der Waals surface area contributed by atoms with E-state index in [0.717, 1.165) is 37.6 Å². The third kappa shape index (κ3) is 4.03. The van der Waals surface area contributed by atoms with Crippen molar-refractivity contribution in [1.29, 1.82) is 0 Å². The van der Waals surface area contributed by atoms with E-state index >= 15 is 0 Å². The van der Waals surface area contributed by atoms with Crippen molar-refractivity contribution >= 4 is 11.4 Å². The Morgan fingerprint density at radius 3 is 2.62 bits per heavy atom. The van der Waals surface area contributed by atoms with Gasteiger partial charge in [-0.1, -0.05) is 13.8 Å². The van der Waals surface area contributed by atoms with E-state index in [2.05, 4.69) is 35.8 Å². The van der Waals surface area contributed by atoms with Crippen LogP contribution in [0.3, 0.4) is 0 Å². The van der Waals surface area contributed by atoms with Crippen LogP contribution in [0, 0.1) is 0 Å². The third-order valence-corrected chi connectivity index (χ3v) is 4.14. The van der Waals surface area contributed by atoms with E-state index in [9.17, 15) is 0 Å². The fourth-order valence-electron chi connectivity index (χ4n) is 3.14. The van der Waals surface area contributed by atoms with Crippen molar-refractivity contribution < 1.29 is 4.74 Å². The molecule has 0 amide bonds. The lowest BCUT2D eigenvalue weighted by Gasteiger charge is -2.27. The van der Waals surface area contributed by atoms with Gasteiger partial charge in [0.15, 0.2) is 0 Å². The fourth-order valence-corrected chi connectivity index (χ4v) is 3.14. The summed E-state index contributed by atoms with van der Waals surface area (Å²) in [5.41, 5.74) is 7.99. The normalized spacial score (nSPS) is 18.8. The molecule has 1 aromatic rings. The highest BCUT2D eigenvalue weighted by Crippen LogP contribution is 2.29. The number of likely N-dealkylation sites (N-methyl/N-ethyl adjacent to an activating group) is 1. The number of hydrogen-bond donors (Lipinski definition) is 1. The molecule has 118 valence electrons. The average Bonchev–Trinajstić information content (AvgIpc) is 2.88. The van der Waals surface area contributed by atoms with Gasteiger partial charge in [-0.15, -0.1) is 0 Å². The van der Waals surface area contributed by atoms with E-state index in [1.807, 2.05) is 19.9 Å². The van der Waals surface area contributed by atoms with Crippen LogP contribution >= 0.6 is 0 Å². The summed E-state index contributed by atoms with van der Waals surface area (Å²) in [6, 6.07) is 6.72. The standard InChI is InChI=1S/C17H29N3O/c1-5-19(6-2)15-7-8-20(12-15)16-9-14(18)10-17(11-16)21-13(3)4/h9-11,13,15H,5-8,12,18H2,1-4H3. The van der Waals surface area contributed by atoms with Crippen molar-refractivity contribution in [2.45, 2.75) is 46.3 Å². The van der Waals surface area contributed by atoms with Crippen LogP contribution in [0.15, 0.2) is 18.2 Å². The first kappa shape index (κ1) is 16.0. The number of ether oxygens (including phenoxy) is 1. The van der Waals surface area contributed by atoms with Gasteiger partial charge < -0.3 is 15.4 Å². The minimum Gasteiger partial charge on any atom is -0.491 e. The first-order valence-corrected chi connectivity index (χ1v) is 8.09. The van der Waals surface area contributed by atoms with Crippen LogP contribution in [0.2, 0.25) is 0 Å². The molecular formula is C17H29N3O. The van der Waals surface area contributed by atoms with Crippen LogP contribution in [-0.4, -0.2) is 43.2 Å². The van der Waals surface area contributed by atoms with Crippen LogP contribution in [0.25, 0.3) is 0 Å². The summed E-state index contributed by atoms with van der Waals surface area (Å²) in [6.07, 6.45) is 1.39. The van der Waals surface area contributed by atoms with Gasteiger partial charge >= 0.3 is 0 Å². The zero-order valence-corrected chi connectivity index (χ0v) is 13.8. The average molecular weight is 291 g/mol. The smallest absolute Gasteiger partial charge is 0.123 e. The van der Waals surface area contributed by atoms with Gasteiger partial charge in [0.2, 0.25) is 0 Å². The van der Waals surface area contributed by atoms with Gasteiger partial charge in [-0.3, -0.25) is 4.90 Å². The van der Waals surface area contributed by atoms with Crippen molar-refractivity contribution in [1.82, 2.24) is 4.90 Å². The number of nitrogen functional groups attached to an aromatic ring is 1. The predicted molar refractivity (Wildman–Crippen MR) is 90.2 cm³/mol. The molecule has 1 aliphatic heterocycles. The topological polar surface area (TPSA) is 41.7 Å². The van der Waals surface area contributed by atoms with Crippen LogP contribution < -0.4 is 15.4 Å². The highest BCUT2D eigenvalue weighted by Gasteiger charge is 2.26. The van der Waals surface area contributed by atoms with Gasteiger partial charge in [-0.05, 0) is 39.4 Å². The molecule has 0 aliphatic carbocycles. The molecule has 1 aliphatic rings. The molecule has 0 radical (unpaired) electrons.